The van der Waals surface area contributed by atoms with E-state index in [4.69, 9.17) is 11.6 Å². The molecule has 0 aliphatic heterocycles. The van der Waals surface area contributed by atoms with Crippen molar-refractivity contribution in [2.75, 3.05) is 0 Å². The Labute approximate surface area is 143 Å². The Morgan fingerprint density at radius 3 is 2.10 bits per heavy atom. The van der Waals surface area contributed by atoms with Crippen molar-refractivity contribution >= 4 is 72.8 Å². The molecule has 3 nitrogen and oxygen atoms in total. The standard InChI is InChI=1S/C14H9ClO3S.Na.H/c15-13-6-5-11-7-9-3-1-2-4-10(9)8-12(11)14(13)19(16,17)18;;/h1-8H,(H,16,17,18);;. The fraction of sp³-hybridized carbons (Fsp3) is 0. The molecule has 98 valence electrons. The molecule has 0 heterocycles. The molecule has 0 atom stereocenters. The van der Waals surface area contributed by atoms with Crippen molar-refractivity contribution in [2.45, 2.75) is 4.90 Å². The average Bonchev–Trinajstić information content (AvgIpc) is 2.34. The predicted molar refractivity (Wildman–Crippen MR) is 83.4 cm³/mol. The summed E-state index contributed by atoms with van der Waals surface area (Å²) in [6.45, 7) is 0. The Morgan fingerprint density at radius 2 is 1.50 bits per heavy atom. The summed E-state index contributed by atoms with van der Waals surface area (Å²) in [4.78, 5) is -0.239. The van der Waals surface area contributed by atoms with E-state index >= 15 is 0 Å². The maximum atomic E-state index is 11.5. The quantitative estimate of drug-likeness (QED) is 0.426. The molecule has 0 saturated carbocycles. The van der Waals surface area contributed by atoms with Crippen LogP contribution >= 0.6 is 11.6 Å². The van der Waals surface area contributed by atoms with Crippen LogP contribution in [0.5, 0.6) is 0 Å². The summed E-state index contributed by atoms with van der Waals surface area (Å²) >= 11 is 5.90. The van der Waals surface area contributed by atoms with E-state index in [1.807, 2.05) is 30.3 Å². The third-order valence-corrected chi connectivity index (χ3v) is 4.43. The molecule has 0 bridgehead atoms. The van der Waals surface area contributed by atoms with E-state index in [1.54, 1.807) is 12.1 Å². The van der Waals surface area contributed by atoms with Crippen LogP contribution in [-0.4, -0.2) is 42.5 Å². The van der Waals surface area contributed by atoms with Crippen molar-refractivity contribution in [1.82, 2.24) is 0 Å². The van der Waals surface area contributed by atoms with Gasteiger partial charge in [0.15, 0.2) is 0 Å². The van der Waals surface area contributed by atoms with Crippen LogP contribution in [0.4, 0.5) is 0 Å². The predicted octanol–water partition coefficient (Wildman–Crippen LogP) is 3.24. The van der Waals surface area contributed by atoms with E-state index in [-0.39, 0.29) is 39.5 Å². The molecule has 0 radical (unpaired) electrons. The molecular formula is C14H10ClNaO3S. The molecule has 0 fully saturated rings. The molecule has 0 aromatic heterocycles. The molecule has 3 aromatic rings. The number of hydrogen-bond donors (Lipinski definition) is 1. The normalized spacial score (nSPS) is 11.5. The van der Waals surface area contributed by atoms with Crippen LogP contribution in [0.1, 0.15) is 0 Å². The van der Waals surface area contributed by atoms with Crippen LogP contribution in [0.2, 0.25) is 5.02 Å². The van der Waals surface area contributed by atoms with E-state index in [0.717, 1.165) is 16.2 Å². The fourth-order valence-corrected chi connectivity index (χ4v) is 3.45. The van der Waals surface area contributed by atoms with Gasteiger partial charge in [0.05, 0.1) is 5.02 Å². The Bertz CT molecular complexity index is 907. The van der Waals surface area contributed by atoms with Crippen molar-refractivity contribution in [3.8, 4) is 0 Å². The van der Waals surface area contributed by atoms with Crippen LogP contribution in [0, 0.1) is 0 Å². The number of halogens is 1. The van der Waals surface area contributed by atoms with Gasteiger partial charge >= 0.3 is 29.6 Å². The second-order valence-corrected chi connectivity index (χ2v) is 6.04. The zero-order valence-electron chi connectivity index (χ0n) is 9.67. The summed E-state index contributed by atoms with van der Waals surface area (Å²) in [6.07, 6.45) is 0. The number of hydrogen-bond acceptors (Lipinski definition) is 2. The van der Waals surface area contributed by atoms with Crippen molar-refractivity contribution in [3.05, 3.63) is 53.6 Å². The van der Waals surface area contributed by atoms with Crippen LogP contribution in [-0.2, 0) is 10.1 Å². The van der Waals surface area contributed by atoms with Crippen LogP contribution in [0.3, 0.4) is 0 Å². The van der Waals surface area contributed by atoms with Crippen molar-refractivity contribution in [3.63, 3.8) is 0 Å². The average molecular weight is 317 g/mol. The first-order valence-electron chi connectivity index (χ1n) is 5.55. The summed E-state index contributed by atoms with van der Waals surface area (Å²) in [5.74, 6) is 0. The SMILES string of the molecule is O=S(=O)(O)c1c(Cl)ccc2cc3ccccc3cc12.[NaH]. The zero-order valence-corrected chi connectivity index (χ0v) is 11.2. The van der Waals surface area contributed by atoms with Crippen LogP contribution in [0.15, 0.2) is 53.4 Å². The van der Waals surface area contributed by atoms with Gasteiger partial charge in [0.2, 0.25) is 0 Å². The van der Waals surface area contributed by atoms with Crippen molar-refractivity contribution in [1.29, 1.82) is 0 Å². The van der Waals surface area contributed by atoms with Gasteiger partial charge in [0, 0.05) is 5.39 Å². The van der Waals surface area contributed by atoms with Gasteiger partial charge in [-0.3, -0.25) is 4.55 Å². The van der Waals surface area contributed by atoms with Gasteiger partial charge in [-0.2, -0.15) is 8.42 Å². The minimum atomic E-state index is -4.36. The van der Waals surface area contributed by atoms with Crippen LogP contribution in [0.25, 0.3) is 21.5 Å². The molecule has 0 saturated heterocycles. The Kier molecular flexibility index (Phi) is 4.44. The molecule has 0 spiro atoms. The second kappa shape index (κ2) is 5.64. The number of rotatable bonds is 1. The van der Waals surface area contributed by atoms with Gasteiger partial charge in [-0.05, 0) is 34.4 Å². The molecule has 6 heteroatoms. The zero-order chi connectivity index (χ0) is 13.6. The topological polar surface area (TPSA) is 54.4 Å². The summed E-state index contributed by atoms with van der Waals surface area (Å²) in [7, 11) is -4.36. The molecule has 3 rings (SSSR count). The molecule has 0 amide bonds. The molecule has 0 aliphatic carbocycles. The Hall–Kier alpha value is -0.620. The van der Waals surface area contributed by atoms with Gasteiger partial charge in [0.25, 0.3) is 10.1 Å². The molecule has 1 N–H and O–H groups in total. The summed E-state index contributed by atoms with van der Waals surface area (Å²) < 4.78 is 32.3. The summed E-state index contributed by atoms with van der Waals surface area (Å²) in [5, 5.41) is 3.05. The first-order chi connectivity index (χ1) is 8.97. The van der Waals surface area contributed by atoms with Gasteiger partial charge < -0.3 is 0 Å². The number of fused-ring (bicyclic) bond motifs is 2. The molecule has 3 aromatic carbocycles. The molecule has 20 heavy (non-hydrogen) atoms. The molecule has 0 unspecified atom stereocenters. The summed E-state index contributed by atoms with van der Waals surface area (Å²) in [5.41, 5.74) is 0. The molecule has 0 aliphatic rings. The third-order valence-electron chi connectivity index (χ3n) is 3.05. The van der Waals surface area contributed by atoms with Gasteiger partial charge in [-0.1, -0.05) is 41.9 Å². The maximum absolute atomic E-state index is 11.5. The van der Waals surface area contributed by atoms with E-state index in [9.17, 15) is 13.0 Å². The van der Waals surface area contributed by atoms with Gasteiger partial charge in [-0.15, -0.1) is 0 Å². The van der Waals surface area contributed by atoms with E-state index in [0.29, 0.717) is 5.39 Å². The van der Waals surface area contributed by atoms with E-state index in [2.05, 4.69) is 0 Å². The van der Waals surface area contributed by atoms with E-state index < -0.39 is 10.1 Å². The minimum absolute atomic E-state index is 0. The Morgan fingerprint density at radius 1 is 0.900 bits per heavy atom. The van der Waals surface area contributed by atoms with E-state index in [1.165, 1.54) is 6.07 Å². The fourth-order valence-electron chi connectivity index (χ4n) is 2.22. The monoisotopic (exact) mass is 316 g/mol. The van der Waals surface area contributed by atoms with Gasteiger partial charge in [0.1, 0.15) is 4.90 Å². The molecular weight excluding hydrogens is 307 g/mol. The second-order valence-electron chi connectivity index (χ2n) is 4.27. The third kappa shape index (κ3) is 2.72. The Balaban J connectivity index is 0.00000147. The first-order valence-corrected chi connectivity index (χ1v) is 7.37. The van der Waals surface area contributed by atoms with Crippen molar-refractivity contribution < 1.29 is 13.0 Å². The summed E-state index contributed by atoms with van der Waals surface area (Å²) in [6, 6.07) is 14.4. The van der Waals surface area contributed by atoms with Crippen molar-refractivity contribution in [2.24, 2.45) is 0 Å². The number of benzene rings is 3. The first kappa shape index (κ1) is 15.8. The van der Waals surface area contributed by atoms with Gasteiger partial charge in [-0.25, -0.2) is 0 Å². The van der Waals surface area contributed by atoms with Crippen LogP contribution < -0.4 is 0 Å².